The van der Waals surface area contributed by atoms with E-state index in [0.717, 1.165) is 18.7 Å². The number of hydrogen-bond donors (Lipinski definition) is 0. The Morgan fingerprint density at radius 3 is 2.73 bits per heavy atom. The van der Waals surface area contributed by atoms with Crippen LogP contribution < -0.4 is 4.74 Å². The van der Waals surface area contributed by atoms with Gasteiger partial charge in [-0.25, -0.2) is 0 Å². The molecule has 1 aromatic carbocycles. The predicted octanol–water partition coefficient (Wildman–Crippen LogP) is 1.95. The molecule has 1 heterocycles. The first-order valence-electron chi connectivity index (χ1n) is 5.17. The first kappa shape index (κ1) is 10.0. The number of benzene rings is 1. The summed E-state index contributed by atoms with van der Waals surface area (Å²) in [4.78, 5) is 12.4. The Hall–Kier alpha value is -1.51. The number of ether oxygens (including phenoxy) is 1. The predicted molar refractivity (Wildman–Crippen MR) is 57.5 cm³/mol. The van der Waals surface area contributed by atoms with Gasteiger partial charge in [0.25, 0.3) is 0 Å². The van der Waals surface area contributed by atoms with Crippen molar-refractivity contribution in [2.24, 2.45) is 0 Å². The Kier molecular flexibility index (Phi) is 2.62. The summed E-state index contributed by atoms with van der Waals surface area (Å²) >= 11 is 0. The zero-order valence-electron chi connectivity index (χ0n) is 9.06. The SMILES string of the molecule is CC(C)Oc1ccc2c(c1)CN(C=O)C2. The molecule has 0 spiro atoms. The van der Waals surface area contributed by atoms with Gasteiger partial charge in [0, 0.05) is 13.1 Å². The van der Waals surface area contributed by atoms with Crippen LogP contribution in [0.3, 0.4) is 0 Å². The summed E-state index contributed by atoms with van der Waals surface area (Å²) < 4.78 is 5.60. The van der Waals surface area contributed by atoms with Crippen LogP contribution in [0.25, 0.3) is 0 Å². The average molecular weight is 205 g/mol. The summed E-state index contributed by atoms with van der Waals surface area (Å²) in [6.07, 6.45) is 1.08. The van der Waals surface area contributed by atoms with Crippen molar-refractivity contribution in [2.45, 2.75) is 33.0 Å². The summed E-state index contributed by atoms with van der Waals surface area (Å²) in [5, 5.41) is 0. The number of amides is 1. The highest BCUT2D eigenvalue weighted by atomic mass is 16.5. The maximum Gasteiger partial charge on any atom is 0.210 e. The zero-order valence-corrected chi connectivity index (χ0v) is 9.06. The number of fused-ring (bicyclic) bond motifs is 1. The molecule has 0 aromatic heterocycles. The largest absolute Gasteiger partial charge is 0.491 e. The second-order valence-electron chi connectivity index (χ2n) is 4.11. The van der Waals surface area contributed by atoms with Crippen molar-refractivity contribution >= 4 is 6.41 Å². The van der Waals surface area contributed by atoms with E-state index in [1.54, 1.807) is 4.90 Å². The monoisotopic (exact) mass is 205 g/mol. The minimum absolute atomic E-state index is 0.187. The fourth-order valence-electron chi connectivity index (χ4n) is 1.82. The highest BCUT2D eigenvalue weighted by Gasteiger charge is 2.17. The quantitative estimate of drug-likeness (QED) is 0.706. The smallest absolute Gasteiger partial charge is 0.210 e. The Morgan fingerprint density at radius 2 is 2.07 bits per heavy atom. The van der Waals surface area contributed by atoms with Crippen LogP contribution in [0.2, 0.25) is 0 Å². The van der Waals surface area contributed by atoms with E-state index < -0.39 is 0 Å². The Morgan fingerprint density at radius 1 is 1.33 bits per heavy atom. The molecular formula is C12H15NO2. The van der Waals surface area contributed by atoms with E-state index in [4.69, 9.17) is 4.74 Å². The molecule has 1 aromatic rings. The number of nitrogens with zero attached hydrogens (tertiary/aromatic N) is 1. The van der Waals surface area contributed by atoms with Gasteiger partial charge in [-0.1, -0.05) is 6.07 Å². The van der Waals surface area contributed by atoms with Crippen LogP contribution in [0.4, 0.5) is 0 Å². The highest BCUT2D eigenvalue weighted by Crippen LogP contribution is 2.26. The van der Waals surface area contributed by atoms with Gasteiger partial charge in [0.2, 0.25) is 6.41 Å². The van der Waals surface area contributed by atoms with Gasteiger partial charge >= 0.3 is 0 Å². The lowest BCUT2D eigenvalue weighted by molar-refractivity contribution is -0.118. The highest BCUT2D eigenvalue weighted by molar-refractivity contribution is 5.51. The maximum atomic E-state index is 10.6. The molecular weight excluding hydrogens is 190 g/mol. The molecule has 0 saturated carbocycles. The number of carbonyl (C=O) groups excluding carboxylic acids is 1. The van der Waals surface area contributed by atoms with Crippen molar-refractivity contribution in [1.82, 2.24) is 4.90 Å². The van der Waals surface area contributed by atoms with Crippen molar-refractivity contribution in [2.75, 3.05) is 0 Å². The van der Waals surface area contributed by atoms with Crippen LogP contribution in [-0.4, -0.2) is 17.4 Å². The van der Waals surface area contributed by atoms with E-state index >= 15 is 0 Å². The first-order valence-corrected chi connectivity index (χ1v) is 5.17. The maximum absolute atomic E-state index is 10.6. The van der Waals surface area contributed by atoms with Gasteiger partial charge in [0.05, 0.1) is 6.10 Å². The molecule has 0 radical (unpaired) electrons. The molecule has 15 heavy (non-hydrogen) atoms. The molecule has 2 rings (SSSR count). The molecule has 0 saturated heterocycles. The van der Waals surface area contributed by atoms with Gasteiger partial charge in [-0.15, -0.1) is 0 Å². The van der Waals surface area contributed by atoms with Crippen molar-refractivity contribution in [1.29, 1.82) is 0 Å². The normalized spacial score (nSPS) is 14.2. The minimum atomic E-state index is 0.187. The van der Waals surface area contributed by atoms with Gasteiger partial charge in [-0.2, -0.15) is 0 Å². The van der Waals surface area contributed by atoms with Gasteiger partial charge in [-0.3, -0.25) is 4.79 Å². The van der Waals surface area contributed by atoms with E-state index in [0.29, 0.717) is 6.54 Å². The molecule has 0 bridgehead atoms. The topological polar surface area (TPSA) is 29.5 Å². The number of hydrogen-bond acceptors (Lipinski definition) is 2. The molecule has 1 aliphatic rings. The van der Waals surface area contributed by atoms with E-state index in [1.165, 1.54) is 11.1 Å². The molecule has 0 unspecified atom stereocenters. The Bertz CT molecular complexity index is 374. The van der Waals surface area contributed by atoms with E-state index in [-0.39, 0.29) is 6.10 Å². The summed E-state index contributed by atoms with van der Waals surface area (Å²) in [7, 11) is 0. The average Bonchev–Trinajstić information content (AvgIpc) is 2.58. The van der Waals surface area contributed by atoms with Crippen LogP contribution in [0.15, 0.2) is 18.2 Å². The van der Waals surface area contributed by atoms with Crippen LogP contribution >= 0.6 is 0 Å². The van der Waals surface area contributed by atoms with Crippen LogP contribution in [0.1, 0.15) is 25.0 Å². The summed E-state index contributed by atoms with van der Waals surface area (Å²) in [6, 6.07) is 6.03. The van der Waals surface area contributed by atoms with Crippen molar-refractivity contribution < 1.29 is 9.53 Å². The fourth-order valence-corrected chi connectivity index (χ4v) is 1.82. The van der Waals surface area contributed by atoms with Crippen LogP contribution in [0, 0.1) is 0 Å². The second-order valence-corrected chi connectivity index (χ2v) is 4.11. The third-order valence-electron chi connectivity index (χ3n) is 2.45. The van der Waals surface area contributed by atoms with E-state index in [9.17, 15) is 4.79 Å². The molecule has 0 aliphatic carbocycles. The standard InChI is InChI=1S/C12H15NO2/c1-9(2)15-12-4-3-10-6-13(8-14)7-11(10)5-12/h3-5,8-9H,6-7H2,1-2H3. The summed E-state index contributed by atoms with van der Waals surface area (Å²) in [5.74, 6) is 0.886. The van der Waals surface area contributed by atoms with Crippen LogP contribution in [-0.2, 0) is 17.9 Å². The summed E-state index contributed by atoms with van der Waals surface area (Å²) in [6.45, 7) is 5.44. The van der Waals surface area contributed by atoms with Gasteiger partial charge < -0.3 is 9.64 Å². The molecule has 0 atom stereocenters. The van der Waals surface area contributed by atoms with Crippen molar-refractivity contribution in [3.63, 3.8) is 0 Å². The van der Waals surface area contributed by atoms with Gasteiger partial charge in [-0.05, 0) is 37.1 Å². The first-order chi connectivity index (χ1) is 7.19. The molecule has 3 nitrogen and oxygen atoms in total. The molecule has 0 fully saturated rings. The molecule has 1 aliphatic heterocycles. The molecule has 0 N–H and O–H groups in total. The van der Waals surface area contributed by atoms with Gasteiger partial charge in [0.15, 0.2) is 0 Å². The number of rotatable bonds is 3. The molecule has 3 heteroatoms. The van der Waals surface area contributed by atoms with Crippen molar-refractivity contribution in [3.05, 3.63) is 29.3 Å². The second kappa shape index (κ2) is 3.93. The lowest BCUT2D eigenvalue weighted by Gasteiger charge is -2.10. The van der Waals surface area contributed by atoms with Crippen LogP contribution in [0.5, 0.6) is 5.75 Å². The van der Waals surface area contributed by atoms with E-state index in [1.807, 2.05) is 32.0 Å². The third-order valence-corrected chi connectivity index (χ3v) is 2.45. The Balaban J connectivity index is 2.18. The third kappa shape index (κ3) is 2.12. The summed E-state index contributed by atoms with van der Waals surface area (Å²) in [5.41, 5.74) is 2.42. The number of carbonyl (C=O) groups is 1. The van der Waals surface area contributed by atoms with Crippen molar-refractivity contribution in [3.8, 4) is 5.75 Å². The van der Waals surface area contributed by atoms with E-state index in [2.05, 4.69) is 0 Å². The lowest BCUT2D eigenvalue weighted by Crippen LogP contribution is -2.12. The minimum Gasteiger partial charge on any atom is -0.491 e. The Labute approximate surface area is 89.7 Å². The zero-order chi connectivity index (χ0) is 10.8. The molecule has 80 valence electrons. The molecule has 1 amide bonds. The lowest BCUT2D eigenvalue weighted by atomic mass is 10.1. The fraction of sp³-hybridized carbons (Fsp3) is 0.417. The van der Waals surface area contributed by atoms with Gasteiger partial charge in [0.1, 0.15) is 5.75 Å².